The Kier molecular flexibility index (Phi) is 4.03. The normalized spacial score (nSPS) is 24.5. The van der Waals surface area contributed by atoms with Crippen LogP contribution in [0.5, 0.6) is 0 Å². The van der Waals surface area contributed by atoms with Gasteiger partial charge in [-0.15, -0.1) is 0 Å². The second-order valence-electron chi connectivity index (χ2n) is 5.55. The maximum Gasteiger partial charge on any atom is 0.433 e. The van der Waals surface area contributed by atoms with Crippen molar-refractivity contribution in [2.45, 2.75) is 18.6 Å². The zero-order valence-corrected chi connectivity index (χ0v) is 11.7. The standard InChI is InChI=1S/C14H19F3N4/c15-14(16,17)12-2-1-3-13(19-12)21-8-6-20(7-9-21)11-4-5-18-10-11/h1-3,11,18H,4-10H2. The van der Waals surface area contributed by atoms with Crippen LogP contribution in [-0.2, 0) is 6.18 Å². The Balaban J connectivity index is 1.64. The lowest BCUT2D eigenvalue weighted by atomic mass is 10.2. The lowest BCUT2D eigenvalue weighted by molar-refractivity contribution is -0.141. The molecule has 0 bridgehead atoms. The molecule has 1 unspecified atom stereocenters. The Morgan fingerprint density at radius 3 is 2.52 bits per heavy atom. The minimum absolute atomic E-state index is 0.425. The van der Waals surface area contributed by atoms with Crippen molar-refractivity contribution in [3.05, 3.63) is 23.9 Å². The smallest absolute Gasteiger partial charge is 0.354 e. The van der Waals surface area contributed by atoms with E-state index >= 15 is 0 Å². The van der Waals surface area contributed by atoms with Crippen molar-refractivity contribution in [2.75, 3.05) is 44.2 Å². The van der Waals surface area contributed by atoms with Crippen molar-refractivity contribution in [3.63, 3.8) is 0 Å². The van der Waals surface area contributed by atoms with Gasteiger partial charge >= 0.3 is 6.18 Å². The summed E-state index contributed by atoms with van der Waals surface area (Å²) in [5.74, 6) is 0.425. The van der Waals surface area contributed by atoms with Gasteiger partial charge in [0.1, 0.15) is 11.5 Å². The number of rotatable bonds is 2. The Hall–Kier alpha value is -1.34. The Labute approximate surface area is 121 Å². The van der Waals surface area contributed by atoms with Crippen LogP contribution in [0.4, 0.5) is 19.0 Å². The predicted octanol–water partition coefficient (Wildman–Crippen LogP) is 1.58. The maximum atomic E-state index is 12.7. The number of halogens is 3. The molecule has 7 heteroatoms. The number of pyridine rings is 1. The molecule has 3 heterocycles. The Morgan fingerprint density at radius 2 is 1.90 bits per heavy atom. The molecule has 1 N–H and O–H groups in total. The third-order valence-corrected chi connectivity index (χ3v) is 4.21. The Morgan fingerprint density at radius 1 is 1.14 bits per heavy atom. The van der Waals surface area contributed by atoms with E-state index in [1.54, 1.807) is 6.07 Å². The molecule has 0 amide bonds. The Bertz CT molecular complexity index is 477. The van der Waals surface area contributed by atoms with Gasteiger partial charge in [-0.2, -0.15) is 13.2 Å². The van der Waals surface area contributed by atoms with Crippen LogP contribution in [0.1, 0.15) is 12.1 Å². The first-order valence-electron chi connectivity index (χ1n) is 7.28. The van der Waals surface area contributed by atoms with Gasteiger partial charge in [0.25, 0.3) is 0 Å². The molecule has 0 aromatic carbocycles. The van der Waals surface area contributed by atoms with Crippen molar-refractivity contribution in [1.82, 2.24) is 15.2 Å². The third kappa shape index (κ3) is 3.29. The lowest BCUT2D eigenvalue weighted by Crippen LogP contribution is -2.51. The summed E-state index contributed by atoms with van der Waals surface area (Å²) < 4.78 is 38.1. The first kappa shape index (κ1) is 14.6. The number of hydrogen-bond donors (Lipinski definition) is 1. The van der Waals surface area contributed by atoms with Crippen LogP contribution in [-0.4, -0.2) is 55.2 Å². The SMILES string of the molecule is FC(F)(F)c1cccc(N2CCN(C3CCNC3)CC2)n1. The second-order valence-corrected chi connectivity index (χ2v) is 5.55. The molecule has 1 atom stereocenters. The minimum Gasteiger partial charge on any atom is -0.354 e. The highest BCUT2D eigenvalue weighted by atomic mass is 19.4. The number of alkyl halides is 3. The van der Waals surface area contributed by atoms with E-state index in [9.17, 15) is 13.2 Å². The second kappa shape index (κ2) is 5.81. The van der Waals surface area contributed by atoms with Gasteiger partial charge in [0.2, 0.25) is 0 Å². The summed E-state index contributed by atoms with van der Waals surface area (Å²) in [6.07, 6.45) is -3.23. The molecule has 1 aromatic heterocycles. The minimum atomic E-state index is -4.38. The maximum absolute atomic E-state index is 12.7. The molecule has 0 radical (unpaired) electrons. The van der Waals surface area contributed by atoms with E-state index in [4.69, 9.17) is 0 Å². The van der Waals surface area contributed by atoms with E-state index in [1.807, 2.05) is 4.90 Å². The number of anilines is 1. The van der Waals surface area contributed by atoms with E-state index in [2.05, 4.69) is 15.2 Å². The fourth-order valence-corrected chi connectivity index (χ4v) is 3.02. The molecule has 116 valence electrons. The van der Waals surface area contributed by atoms with Crippen molar-refractivity contribution >= 4 is 5.82 Å². The summed E-state index contributed by atoms with van der Waals surface area (Å²) >= 11 is 0. The van der Waals surface area contributed by atoms with Crippen LogP contribution >= 0.6 is 0 Å². The summed E-state index contributed by atoms with van der Waals surface area (Å²) in [6, 6.07) is 4.67. The van der Waals surface area contributed by atoms with Gasteiger partial charge in [-0.3, -0.25) is 4.90 Å². The van der Waals surface area contributed by atoms with Crippen LogP contribution in [0.2, 0.25) is 0 Å². The van der Waals surface area contributed by atoms with Crippen LogP contribution in [0.3, 0.4) is 0 Å². The third-order valence-electron chi connectivity index (χ3n) is 4.21. The predicted molar refractivity (Wildman–Crippen MR) is 74.3 cm³/mol. The lowest BCUT2D eigenvalue weighted by Gasteiger charge is -2.38. The molecule has 21 heavy (non-hydrogen) atoms. The summed E-state index contributed by atoms with van der Waals surface area (Å²) in [7, 11) is 0. The number of nitrogens with zero attached hydrogens (tertiary/aromatic N) is 3. The number of aromatic nitrogens is 1. The van der Waals surface area contributed by atoms with Crippen LogP contribution < -0.4 is 10.2 Å². The van der Waals surface area contributed by atoms with Gasteiger partial charge in [-0.1, -0.05) is 6.07 Å². The molecule has 0 saturated carbocycles. The molecule has 1 aromatic rings. The van der Waals surface area contributed by atoms with Crippen molar-refractivity contribution < 1.29 is 13.2 Å². The van der Waals surface area contributed by atoms with E-state index < -0.39 is 11.9 Å². The van der Waals surface area contributed by atoms with Crippen molar-refractivity contribution in [1.29, 1.82) is 0 Å². The molecule has 2 aliphatic heterocycles. The average molecular weight is 300 g/mol. The van der Waals surface area contributed by atoms with E-state index in [0.29, 0.717) is 11.9 Å². The molecule has 0 aliphatic carbocycles. The van der Waals surface area contributed by atoms with Gasteiger partial charge in [0.15, 0.2) is 0 Å². The molecule has 2 aliphatic rings. The topological polar surface area (TPSA) is 31.4 Å². The van der Waals surface area contributed by atoms with Gasteiger partial charge in [0.05, 0.1) is 0 Å². The molecule has 2 fully saturated rings. The van der Waals surface area contributed by atoms with Crippen LogP contribution in [0.25, 0.3) is 0 Å². The summed E-state index contributed by atoms with van der Waals surface area (Å²) in [6.45, 7) is 5.28. The fraction of sp³-hybridized carbons (Fsp3) is 0.643. The highest BCUT2D eigenvalue weighted by Gasteiger charge is 2.33. The largest absolute Gasteiger partial charge is 0.433 e. The van der Waals surface area contributed by atoms with Crippen molar-refractivity contribution in [2.24, 2.45) is 0 Å². The summed E-state index contributed by atoms with van der Waals surface area (Å²) in [5, 5.41) is 3.34. The number of hydrogen-bond acceptors (Lipinski definition) is 4. The van der Waals surface area contributed by atoms with E-state index in [0.717, 1.165) is 51.8 Å². The zero-order chi connectivity index (χ0) is 14.9. The van der Waals surface area contributed by atoms with E-state index in [1.165, 1.54) is 6.07 Å². The van der Waals surface area contributed by atoms with Crippen molar-refractivity contribution in [3.8, 4) is 0 Å². The highest BCUT2D eigenvalue weighted by Crippen LogP contribution is 2.29. The monoisotopic (exact) mass is 300 g/mol. The number of piperazine rings is 1. The molecular weight excluding hydrogens is 281 g/mol. The molecular formula is C14H19F3N4. The van der Waals surface area contributed by atoms with Gasteiger partial charge < -0.3 is 10.2 Å². The highest BCUT2D eigenvalue weighted by molar-refractivity contribution is 5.40. The molecule has 2 saturated heterocycles. The quantitative estimate of drug-likeness (QED) is 0.899. The van der Waals surface area contributed by atoms with E-state index in [-0.39, 0.29) is 0 Å². The summed E-state index contributed by atoms with van der Waals surface area (Å²) in [4.78, 5) is 8.12. The molecule has 3 rings (SSSR count). The summed E-state index contributed by atoms with van der Waals surface area (Å²) in [5.41, 5.74) is -0.817. The van der Waals surface area contributed by atoms with Gasteiger partial charge in [0, 0.05) is 38.8 Å². The first-order chi connectivity index (χ1) is 10.0. The average Bonchev–Trinajstić information content (AvgIpc) is 3.01. The molecule has 0 spiro atoms. The molecule has 4 nitrogen and oxygen atoms in total. The van der Waals surface area contributed by atoms with Gasteiger partial charge in [-0.25, -0.2) is 4.98 Å². The van der Waals surface area contributed by atoms with Crippen LogP contribution in [0.15, 0.2) is 18.2 Å². The van der Waals surface area contributed by atoms with Crippen LogP contribution in [0, 0.1) is 0 Å². The van der Waals surface area contributed by atoms with Gasteiger partial charge in [-0.05, 0) is 25.1 Å². The number of nitrogens with one attached hydrogen (secondary N) is 1. The zero-order valence-electron chi connectivity index (χ0n) is 11.7. The first-order valence-corrected chi connectivity index (χ1v) is 7.28. The fourth-order valence-electron chi connectivity index (χ4n) is 3.02.